The molecule has 4 nitrogen and oxygen atoms in total. The third-order valence-electron chi connectivity index (χ3n) is 7.14. The summed E-state index contributed by atoms with van der Waals surface area (Å²) in [6.45, 7) is 2.23. The number of aromatic nitrogens is 1. The van der Waals surface area contributed by atoms with E-state index >= 15 is 0 Å². The van der Waals surface area contributed by atoms with E-state index in [4.69, 9.17) is 10.7 Å². The largest absolute Gasteiger partial charge is 0.397 e. The Labute approximate surface area is 172 Å². The van der Waals surface area contributed by atoms with Crippen LogP contribution >= 0.6 is 22.7 Å². The SMILES string of the molecule is CC1(NC(=O)c2sc3nc(-c4cccs4)ccc3c2N)CC2CC3CC3(C2)C1. The molecule has 3 fully saturated rings. The zero-order valence-electron chi connectivity index (χ0n) is 15.8. The fraction of sp³-hybridized carbons (Fsp3) is 0.455. The van der Waals surface area contributed by atoms with Crippen LogP contribution in [0.4, 0.5) is 5.69 Å². The van der Waals surface area contributed by atoms with Crippen molar-refractivity contribution >= 4 is 44.5 Å². The van der Waals surface area contributed by atoms with Gasteiger partial charge in [0.15, 0.2) is 0 Å². The van der Waals surface area contributed by atoms with Gasteiger partial charge in [-0.15, -0.1) is 22.7 Å². The van der Waals surface area contributed by atoms with Crippen LogP contribution in [-0.4, -0.2) is 16.4 Å². The van der Waals surface area contributed by atoms with E-state index in [-0.39, 0.29) is 11.4 Å². The Bertz CT molecular complexity index is 1100. The molecule has 0 radical (unpaired) electrons. The highest BCUT2D eigenvalue weighted by atomic mass is 32.1. The number of carbonyl (C=O) groups is 1. The maximum atomic E-state index is 13.2. The smallest absolute Gasteiger partial charge is 0.263 e. The zero-order valence-corrected chi connectivity index (χ0v) is 17.5. The van der Waals surface area contributed by atoms with Crippen LogP contribution in [0.25, 0.3) is 20.8 Å². The van der Waals surface area contributed by atoms with Gasteiger partial charge in [-0.3, -0.25) is 4.79 Å². The van der Waals surface area contributed by atoms with E-state index in [1.165, 1.54) is 30.6 Å². The van der Waals surface area contributed by atoms with Crippen LogP contribution in [0.3, 0.4) is 0 Å². The van der Waals surface area contributed by atoms with Gasteiger partial charge in [0, 0.05) is 10.9 Å². The molecule has 0 aliphatic heterocycles. The lowest BCUT2D eigenvalue weighted by Crippen LogP contribution is -2.50. The van der Waals surface area contributed by atoms with Crippen molar-refractivity contribution in [3.05, 3.63) is 34.5 Å². The Morgan fingerprint density at radius 3 is 2.96 bits per heavy atom. The molecule has 144 valence electrons. The summed E-state index contributed by atoms with van der Waals surface area (Å²) in [6, 6.07) is 8.07. The number of carbonyl (C=O) groups excluding carboxylic acids is 1. The number of fused-ring (bicyclic) bond motifs is 2. The van der Waals surface area contributed by atoms with Gasteiger partial charge < -0.3 is 11.1 Å². The Balaban J connectivity index is 1.30. The molecule has 3 aromatic rings. The lowest BCUT2D eigenvalue weighted by atomic mass is 9.72. The number of nitrogen functional groups attached to an aromatic ring is 1. The molecule has 3 heterocycles. The minimum absolute atomic E-state index is 0.0319. The highest BCUT2D eigenvalue weighted by Crippen LogP contribution is 2.72. The number of pyridine rings is 1. The summed E-state index contributed by atoms with van der Waals surface area (Å²) < 4.78 is 0. The normalized spacial score (nSPS) is 33.0. The fourth-order valence-corrected chi connectivity index (χ4v) is 7.84. The van der Waals surface area contributed by atoms with E-state index in [0.29, 0.717) is 16.0 Å². The predicted octanol–water partition coefficient (Wildman–Crippen LogP) is 5.31. The van der Waals surface area contributed by atoms with Crippen LogP contribution in [0, 0.1) is 17.3 Å². The second-order valence-corrected chi connectivity index (χ2v) is 11.3. The van der Waals surface area contributed by atoms with Gasteiger partial charge in [0.1, 0.15) is 9.71 Å². The second kappa shape index (κ2) is 5.57. The van der Waals surface area contributed by atoms with Crippen molar-refractivity contribution in [1.29, 1.82) is 0 Å². The van der Waals surface area contributed by atoms with Crippen LogP contribution < -0.4 is 11.1 Å². The van der Waals surface area contributed by atoms with Gasteiger partial charge in [-0.25, -0.2) is 4.98 Å². The lowest BCUT2D eigenvalue weighted by Gasteiger charge is -2.40. The number of thiophene rings is 2. The van der Waals surface area contributed by atoms with E-state index in [0.717, 1.165) is 45.5 Å². The lowest BCUT2D eigenvalue weighted by molar-refractivity contribution is 0.0834. The maximum Gasteiger partial charge on any atom is 0.263 e. The van der Waals surface area contributed by atoms with Crippen molar-refractivity contribution in [1.82, 2.24) is 10.3 Å². The Kier molecular flexibility index (Phi) is 3.38. The molecule has 1 spiro atoms. The van der Waals surface area contributed by atoms with E-state index in [9.17, 15) is 4.79 Å². The Morgan fingerprint density at radius 2 is 2.18 bits per heavy atom. The monoisotopic (exact) mass is 409 g/mol. The summed E-state index contributed by atoms with van der Waals surface area (Å²) >= 11 is 3.08. The topological polar surface area (TPSA) is 68.0 Å². The second-order valence-electron chi connectivity index (χ2n) is 9.34. The van der Waals surface area contributed by atoms with Crippen molar-refractivity contribution in [3.8, 4) is 10.6 Å². The van der Waals surface area contributed by atoms with Crippen molar-refractivity contribution in [2.24, 2.45) is 17.3 Å². The van der Waals surface area contributed by atoms with Crippen molar-refractivity contribution < 1.29 is 4.79 Å². The predicted molar refractivity (Wildman–Crippen MR) is 116 cm³/mol. The maximum absolute atomic E-state index is 13.2. The molecule has 4 unspecified atom stereocenters. The molecule has 3 aliphatic rings. The van der Waals surface area contributed by atoms with E-state index in [1.54, 1.807) is 11.3 Å². The van der Waals surface area contributed by atoms with Gasteiger partial charge in [0.05, 0.1) is 16.3 Å². The van der Waals surface area contributed by atoms with E-state index in [2.05, 4.69) is 18.3 Å². The molecule has 2 bridgehead atoms. The number of amides is 1. The molecular weight excluding hydrogens is 386 g/mol. The highest BCUT2D eigenvalue weighted by molar-refractivity contribution is 7.21. The summed E-state index contributed by atoms with van der Waals surface area (Å²) in [6.07, 6.45) is 6.34. The number of rotatable bonds is 3. The number of nitrogens with two attached hydrogens (primary N) is 1. The first kappa shape index (κ1) is 17.0. The molecule has 1 amide bonds. The average molecular weight is 410 g/mol. The first-order chi connectivity index (χ1) is 13.4. The third kappa shape index (κ3) is 2.47. The van der Waals surface area contributed by atoms with Gasteiger partial charge in [-0.2, -0.15) is 0 Å². The van der Waals surface area contributed by atoms with Crippen LogP contribution in [0.15, 0.2) is 29.6 Å². The molecule has 0 saturated heterocycles. The van der Waals surface area contributed by atoms with Crippen molar-refractivity contribution in [3.63, 3.8) is 0 Å². The number of hydrogen-bond donors (Lipinski definition) is 2. The van der Waals surface area contributed by atoms with Crippen molar-refractivity contribution in [2.75, 3.05) is 5.73 Å². The molecule has 4 atom stereocenters. The molecule has 28 heavy (non-hydrogen) atoms. The molecule has 0 aromatic carbocycles. The Morgan fingerprint density at radius 1 is 1.29 bits per heavy atom. The molecule has 3 aliphatic carbocycles. The molecule has 6 rings (SSSR count). The van der Waals surface area contributed by atoms with E-state index in [1.807, 2.05) is 23.6 Å². The highest BCUT2D eigenvalue weighted by Gasteiger charge is 2.65. The molecular formula is C22H23N3OS2. The Hall–Kier alpha value is -1.92. The minimum Gasteiger partial charge on any atom is -0.397 e. The van der Waals surface area contributed by atoms with Crippen LogP contribution in [-0.2, 0) is 0 Å². The molecule has 6 heteroatoms. The first-order valence-electron chi connectivity index (χ1n) is 10.0. The van der Waals surface area contributed by atoms with Crippen molar-refractivity contribution in [2.45, 2.75) is 44.6 Å². The fourth-order valence-electron chi connectivity index (χ4n) is 6.16. The van der Waals surface area contributed by atoms with Gasteiger partial charge in [0.2, 0.25) is 0 Å². The number of nitrogens with zero attached hydrogens (tertiary/aromatic N) is 1. The van der Waals surface area contributed by atoms with Gasteiger partial charge >= 0.3 is 0 Å². The summed E-state index contributed by atoms with van der Waals surface area (Å²) in [5.41, 5.74) is 8.30. The molecule has 3 N–H and O–H groups in total. The average Bonchev–Trinajstić information content (AvgIpc) is 3.05. The van der Waals surface area contributed by atoms with E-state index < -0.39 is 0 Å². The quantitative estimate of drug-likeness (QED) is 0.616. The van der Waals surface area contributed by atoms with Gasteiger partial charge in [-0.1, -0.05) is 6.07 Å². The van der Waals surface area contributed by atoms with Crippen LogP contribution in [0.1, 0.15) is 48.7 Å². The third-order valence-corrected chi connectivity index (χ3v) is 9.15. The van der Waals surface area contributed by atoms with Crippen LogP contribution in [0.2, 0.25) is 0 Å². The summed E-state index contributed by atoms with van der Waals surface area (Å²) in [5, 5.41) is 6.30. The van der Waals surface area contributed by atoms with Gasteiger partial charge in [-0.05, 0) is 79.9 Å². The number of hydrogen-bond acceptors (Lipinski definition) is 5. The summed E-state index contributed by atoms with van der Waals surface area (Å²) in [5.74, 6) is 1.67. The minimum atomic E-state index is -0.108. The standard InChI is InChI=1S/C22H23N3OS2/c1-21(8-12-7-13-10-22(13,9-12)11-21)25-19(26)18-17(23)14-4-5-15(24-20(14)28-18)16-3-2-6-27-16/h2-6,12-13H,7-11,23H2,1H3,(H,25,26). The summed E-state index contributed by atoms with van der Waals surface area (Å²) in [7, 11) is 0. The molecule has 3 saturated carbocycles. The summed E-state index contributed by atoms with van der Waals surface area (Å²) in [4.78, 5) is 20.5. The number of anilines is 1. The van der Waals surface area contributed by atoms with Crippen LogP contribution in [0.5, 0.6) is 0 Å². The van der Waals surface area contributed by atoms with Gasteiger partial charge in [0.25, 0.3) is 5.91 Å². The number of nitrogens with one attached hydrogen (secondary N) is 1. The molecule has 3 aromatic heterocycles. The first-order valence-corrected chi connectivity index (χ1v) is 11.7. The zero-order chi connectivity index (χ0) is 19.1.